The third-order valence-electron chi connectivity index (χ3n) is 3.01. The number of nitrogens with one attached hydrogen (secondary N) is 1. The Morgan fingerprint density at radius 3 is 2.67 bits per heavy atom. The van der Waals surface area contributed by atoms with Crippen molar-refractivity contribution in [2.24, 2.45) is 0 Å². The molecule has 0 aromatic carbocycles. The summed E-state index contributed by atoms with van der Waals surface area (Å²) < 4.78 is 43.3. The first-order valence-corrected chi connectivity index (χ1v) is 5.64. The molecule has 0 saturated carbocycles. The van der Waals surface area contributed by atoms with Crippen molar-refractivity contribution < 1.29 is 22.8 Å². The number of hydrogen-bond acceptors (Lipinski definition) is 4. The van der Waals surface area contributed by atoms with Crippen LogP contribution in [0, 0.1) is 0 Å². The highest BCUT2D eigenvalue weighted by Crippen LogP contribution is 2.42. The highest BCUT2D eigenvalue weighted by atomic mass is 32.1. The van der Waals surface area contributed by atoms with E-state index in [1.54, 1.807) is 6.92 Å². The van der Waals surface area contributed by atoms with Crippen LogP contribution >= 0.6 is 12.2 Å². The van der Waals surface area contributed by atoms with E-state index in [1.807, 2.05) is 0 Å². The number of fused-ring (bicyclic) bond motifs is 1. The fraction of sp³-hybridized carbons (Fsp3) is 0.600. The molecule has 0 radical (unpaired) electrons. The molecule has 18 heavy (non-hydrogen) atoms. The quantitative estimate of drug-likeness (QED) is 0.769. The lowest BCUT2D eigenvalue weighted by Gasteiger charge is -2.27. The van der Waals surface area contributed by atoms with Crippen LogP contribution in [-0.2, 0) is 5.60 Å². The minimum atomic E-state index is -4.83. The van der Waals surface area contributed by atoms with Crippen LogP contribution in [0.15, 0.2) is 4.52 Å². The predicted molar refractivity (Wildman–Crippen MR) is 60.2 cm³/mol. The van der Waals surface area contributed by atoms with Crippen LogP contribution in [0.2, 0.25) is 0 Å². The Hall–Kier alpha value is -1.15. The molecule has 2 heterocycles. The Morgan fingerprint density at radius 1 is 1.50 bits per heavy atom. The average molecular weight is 280 g/mol. The molecule has 0 spiro atoms. The minimum Gasteiger partial charge on any atom is -0.375 e. The van der Waals surface area contributed by atoms with Gasteiger partial charge < -0.3 is 14.9 Å². The van der Waals surface area contributed by atoms with E-state index in [1.165, 1.54) is 0 Å². The van der Waals surface area contributed by atoms with Gasteiger partial charge in [-0.1, -0.05) is 24.3 Å². The number of aromatic nitrogens is 1. The zero-order valence-corrected chi connectivity index (χ0v) is 10.4. The second-order valence-corrected chi connectivity index (χ2v) is 4.86. The topological polar surface area (TPSA) is 58.3 Å². The zero-order chi connectivity index (χ0) is 13.7. The van der Waals surface area contributed by atoms with E-state index in [4.69, 9.17) is 16.7 Å². The molecule has 2 N–H and O–H groups in total. The average Bonchev–Trinajstić information content (AvgIpc) is 2.68. The van der Waals surface area contributed by atoms with Gasteiger partial charge in [-0.2, -0.15) is 13.2 Å². The van der Waals surface area contributed by atoms with E-state index >= 15 is 0 Å². The van der Waals surface area contributed by atoms with Crippen molar-refractivity contribution in [3.8, 4) is 0 Å². The summed E-state index contributed by atoms with van der Waals surface area (Å²) in [7, 11) is 0. The maximum Gasteiger partial charge on any atom is 0.422 e. The van der Waals surface area contributed by atoms with E-state index in [-0.39, 0.29) is 22.2 Å². The standard InChI is InChI=1S/C10H11F3N2O2S/c1-4-3-14-8(18)6-5(4)7(15-17-6)9(2,16)10(11,12)13/h4,16H,3H2,1-2H3,(H,14,18)/t4-,9+/m0/s1. The first-order chi connectivity index (χ1) is 8.16. The predicted octanol–water partition coefficient (Wildman–Crippen LogP) is 1.83. The summed E-state index contributed by atoms with van der Waals surface area (Å²) in [6.45, 7) is 2.75. The summed E-state index contributed by atoms with van der Waals surface area (Å²) in [5, 5.41) is 15.9. The first-order valence-electron chi connectivity index (χ1n) is 5.23. The molecule has 0 saturated heterocycles. The molecule has 2 rings (SSSR count). The number of aliphatic hydroxyl groups is 1. The second kappa shape index (κ2) is 3.92. The van der Waals surface area contributed by atoms with Crippen LogP contribution < -0.4 is 5.32 Å². The van der Waals surface area contributed by atoms with Crippen LogP contribution in [-0.4, -0.2) is 28.0 Å². The summed E-state index contributed by atoms with van der Waals surface area (Å²) in [6.07, 6.45) is -4.83. The van der Waals surface area contributed by atoms with Gasteiger partial charge in [-0.3, -0.25) is 0 Å². The van der Waals surface area contributed by atoms with Gasteiger partial charge in [-0.05, 0) is 6.92 Å². The number of rotatable bonds is 1. The molecule has 1 aliphatic rings. The summed E-state index contributed by atoms with van der Waals surface area (Å²) in [6, 6.07) is 0. The van der Waals surface area contributed by atoms with Crippen LogP contribution in [0.5, 0.6) is 0 Å². The molecule has 2 atom stereocenters. The molecule has 100 valence electrons. The maximum atomic E-state index is 12.8. The van der Waals surface area contributed by atoms with Crippen LogP contribution in [0.1, 0.15) is 36.8 Å². The fourth-order valence-electron chi connectivity index (χ4n) is 1.83. The van der Waals surface area contributed by atoms with Gasteiger partial charge in [0, 0.05) is 18.0 Å². The van der Waals surface area contributed by atoms with E-state index in [0.717, 1.165) is 0 Å². The fourth-order valence-corrected chi connectivity index (χ4v) is 2.06. The highest BCUT2D eigenvalue weighted by molar-refractivity contribution is 7.80. The molecule has 0 amide bonds. The molecule has 0 fully saturated rings. The monoisotopic (exact) mass is 280 g/mol. The lowest BCUT2D eigenvalue weighted by Crippen LogP contribution is -2.42. The number of nitrogens with zero attached hydrogens (tertiary/aromatic N) is 1. The molecule has 0 unspecified atom stereocenters. The van der Waals surface area contributed by atoms with Crippen molar-refractivity contribution >= 4 is 17.2 Å². The molecule has 8 heteroatoms. The number of alkyl halides is 3. The third-order valence-corrected chi connectivity index (χ3v) is 3.34. The van der Waals surface area contributed by atoms with E-state index in [2.05, 4.69) is 10.5 Å². The summed E-state index contributed by atoms with van der Waals surface area (Å²) >= 11 is 4.94. The zero-order valence-electron chi connectivity index (χ0n) is 9.63. The maximum absolute atomic E-state index is 12.8. The number of thiocarbonyl (C=S) groups is 1. The highest BCUT2D eigenvalue weighted by Gasteiger charge is 2.55. The smallest absolute Gasteiger partial charge is 0.375 e. The molecule has 1 aromatic heterocycles. The number of hydrogen-bond donors (Lipinski definition) is 2. The van der Waals surface area contributed by atoms with Gasteiger partial charge in [0.2, 0.25) is 5.60 Å². The summed E-state index contributed by atoms with van der Waals surface area (Å²) in [5.41, 5.74) is -3.34. The summed E-state index contributed by atoms with van der Waals surface area (Å²) in [4.78, 5) is 0.208. The largest absolute Gasteiger partial charge is 0.422 e. The van der Waals surface area contributed by atoms with Crippen LogP contribution in [0.3, 0.4) is 0 Å². The summed E-state index contributed by atoms with van der Waals surface area (Å²) in [5.74, 6) is -0.176. The second-order valence-electron chi connectivity index (χ2n) is 4.46. The van der Waals surface area contributed by atoms with Crippen molar-refractivity contribution in [1.82, 2.24) is 10.5 Å². The van der Waals surface area contributed by atoms with Gasteiger partial charge >= 0.3 is 6.18 Å². The Bertz CT molecular complexity index is 496. The van der Waals surface area contributed by atoms with Crippen molar-refractivity contribution in [3.63, 3.8) is 0 Å². The van der Waals surface area contributed by atoms with E-state index in [0.29, 0.717) is 13.5 Å². The Kier molecular flexibility index (Phi) is 2.90. The van der Waals surface area contributed by atoms with Crippen molar-refractivity contribution in [3.05, 3.63) is 17.0 Å². The van der Waals surface area contributed by atoms with Crippen molar-refractivity contribution in [2.45, 2.75) is 31.5 Å². The normalized spacial score (nSPS) is 23.2. The van der Waals surface area contributed by atoms with Gasteiger partial charge in [0.05, 0.1) is 0 Å². The lowest BCUT2D eigenvalue weighted by atomic mass is 9.88. The van der Waals surface area contributed by atoms with Crippen molar-refractivity contribution in [1.29, 1.82) is 0 Å². The minimum absolute atomic E-state index is 0.100. The van der Waals surface area contributed by atoms with Gasteiger partial charge in [0.1, 0.15) is 10.7 Å². The first kappa shape index (κ1) is 13.3. The van der Waals surface area contributed by atoms with Gasteiger partial charge in [-0.15, -0.1) is 0 Å². The van der Waals surface area contributed by atoms with E-state index < -0.39 is 17.5 Å². The molecule has 0 aliphatic carbocycles. The molecular weight excluding hydrogens is 269 g/mol. The lowest BCUT2D eigenvalue weighted by molar-refractivity contribution is -0.261. The Morgan fingerprint density at radius 2 is 2.11 bits per heavy atom. The van der Waals surface area contributed by atoms with Crippen LogP contribution in [0.4, 0.5) is 13.2 Å². The van der Waals surface area contributed by atoms with Crippen LogP contribution in [0.25, 0.3) is 0 Å². The van der Waals surface area contributed by atoms with Crippen molar-refractivity contribution in [2.75, 3.05) is 6.54 Å². The van der Waals surface area contributed by atoms with Gasteiger partial charge in [-0.25, -0.2) is 0 Å². The number of halogens is 3. The third kappa shape index (κ3) is 1.79. The molecule has 4 nitrogen and oxygen atoms in total. The Balaban J connectivity index is 2.58. The molecule has 1 aliphatic heterocycles. The van der Waals surface area contributed by atoms with Gasteiger partial charge in [0.15, 0.2) is 5.76 Å². The Labute approximate surface area is 106 Å². The SMILES string of the molecule is C[C@H]1CNC(=S)c2onc([C@@](C)(O)C(F)(F)F)c21. The molecular formula is C10H11F3N2O2S. The van der Waals surface area contributed by atoms with E-state index in [9.17, 15) is 18.3 Å². The molecule has 1 aromatic rings. The molecule has 0 bridgehead atoms. The van der Waals surface area contributed by atoms with Gasteiger partial charge in [0.25, 0.3) is 0 Å².